The number of hydrogen-bond donors (Lipinski definition) is 3. The van der Waals surface area contributed by atoms with Gasteiger partial charge in [-0.3, -0.25) is 14.8 Å². The Labute approximate surface area is 159 Å². The number of hydrogen-bond acceptors (Lipinski definition) is 6. The highest BCUT2D eigenvalue weighted by Crippen LogP contribution is 2.36. The molecule has 0 unspecified atom stereocenters. The highest BCUT2D eigenvalue weighted by atomic mass is 32.2. The zero-order chi connectivity index (χ0) is 20.6. The molecule has 0 amide bonds. The van der Waals surface area contributed by atoms with Crippen LogP contribution in [0.5, 0.6) is 5.75 Å². The van der Waals surface area contributed by atoms with Crippen molar-refractivity contribution in [3.8, 4) is 5.75 Å². The van der Waals surface area contributed by atoms with Gasteiger partial charge >= 0.3 is 5.97 Å². The number of aromatic hydroxyl groups is 1. The van der Waals surface area contributed by atoms with Crippen molar-refractivity contribution >= 4 is 38.1 Å². The number of phenols is 1. The summed E-state index contributed by atoms with van der Waals surface area (Å²) in [6.07, 6.45) is 0. The maximum absolute atomic E-state index is 12.7. The normalized spacial score (nSPS) is 11.3. The van der Waals surface area contributed by atoms with Crippen molar-refractivity contribution in [2.24, 2.45) is 0 Å². The van der Waals surface area contributed by atoms with Gasteiger partial charge in [-0.05, 0) is 54.3 Å². The molecular weight excluding hydrogens is 388 g/mol. The number of nitrogens with zero attached hydrogens (tertiary/aromatic N) is 1. The number of rotatable bonds is 5. The molecule has 3 aromatic rings. The number of sulfonamides is 1. The van der Waals surface area contributed by atoms with Crippen molar-refractivity contribution < 1.29 is 28.3 Å². The number of carboxylic acid groups (broad SMARTS) is 1. The minimum atomic E-state index is -4.09. The van der Waals surface area contributed by atoms with Gasteiger partial charge in [0.25, 0.3) is 15.7 Å². The third-order valence-electron chi connectivity index (χ3n) is 4.22. The first-order valence-electron chi connectivity index (χ1n) is 7.87. The van der Waals surface area contributed by atoms with Gasteiger partial charge < -0.3 is 10.2 Å². The third-order valence-corrected chi connectivity index (χ3v) is 5.60. The molecular formula is C18H14N2O7S. The van der Waals surface area contributed by atoms with E-state index in [1.54, 1.807) is 6.92 Å². The molecule has 0 aliphatic carbocycles. The number of nitro benzene ring substituents is 1. The molecule has 0 aliphatic rings. The van der Waals surface area contributed by atoms with Gasteiger partial charge in [0.05, 0.1) is 26.8 Å². The molecule has 9 nitrogen and oxygen atoms in total. The number of anilines is 1. The van der Waals surface area contributed by atoms with Crippen LogP contribution >= 0.6 is 0 Å². The number of benzene rings is 3. The molecule has 0 atom stereocenters. The van der Waals surface area contributed by atoms with Gasteiger partial charge in [-0.15, -0.1) is 0 Å². The van der Waals surface area contributed by atoms with Crippen molar-refractivity contribution in [1.29, 1.82) is 0 Å². The van der Waals surface area contributed by atoms with Crippen LogP contribution < -0.4 is 4.72 Å². The Morgan fingerprint density at radius 2 is 1.71 bits per heavy atom. The Hall–Kier alpha value is -3.66. The number of fused-ring (bicyclic) bond motifs is 1. The minimum absolute atomic E-state index is 0.000407. The van der Waals surface area contributed by atoms with Crippen molar-refractivity contribution in [3.63, 3.8) is 0 Å². The van der Waals surface area contributed by atoms with E-state index >= 15 is 0 Å². The van der Waals surface area contributed by atoms with Gasteiger partial charge in [-0.2, -0.15) is 0 Å². The largest absolute Gasteiger partial charge is 0.507 e. The van der Waals surface area contributed by atoms with Gasteiger partial charge in [0.15, 0.2) is 0 Å². The lowest BCUT2D eigenvalue weighted by Crippen LogP contribution is -2.13. The fourth-order valence-corrected chi connectivity index (χ4v) is 3.81. The SMILES string of the molecule is Cc1c(O)cc([N+](=O)[O-])c2cc(S(=O)(=O)Nc3ccc(C(=O)O)cc3)ccc12. The second kappa shape index (κ2) is 6.82. The molecule has 0 heterocycles. The zero-order valence-corrected chi connectivity index (χ0v) is 15.2. The minimum Gasteiger partial charge on any atom is -0.507 e. The maximum Gasteiger partial charge on any atom is 0.335 e. The van der Waals surface area contributed by atoms with Gasteiger partial charge in [0, 0.05) is 5.69 Å². The van der Waals surface area contributed by atoms with E-state index in [-0.39, 0.29) is 27.3 Å². The summed E-state index contributed by atoms with van der Waals surface area (Å²) in [5.74, 6) is -1.40. The summed E-state index contributed by atoms with van der Waals surface area (Å²) in [4.78, 5) is 21.3. The average molecular weight is 402 g/mol. The zero-order valence-electron chi connectivity index (χ0n) is 14.4. The van der Waals surface area contributed by atoms with E-state index in [0.717, 1.165) is 12.1 Å². The Bertz CT molecular complexity index is 1220. The van der Waals surface area contributed by atoms with Crippen LogP contribution in [0.1, 0.15) is 15.9 Å². The number of nitrogens with one attached hydrogen (secondary N) is 1. The highest BCUT2D eigenvalue weighted by Gasteiger charge is 2.21. The molecule has 3 rings (SSSR count). The molecule has 0 radical (unpaired) electrons. The summed E-state index contributed by atoms with van der Waals surface area (Å²) < 4.78 is 27.6. The molecule has 0 fully saturated rings. The van der Waals surface area contributed by atoms with Crippen LogP contribution in [-0.4, -0.2) is 29.5 Å². The van der Waals surface area contributed by atoms with E-state index in [1.807, 2.05) is 0 Å². The molecule has 0 bridgehead atoms. The Morgan fingerprint density at radius 3 is 2.29 bits per heavy atom. The van der Waals surface area contributed by atoms with Crippen LogP contribution in [0.4, 0.5) is 11.4 Å². The van der Waals surface area contributed by atoms with E-state index in [9.17, 15) is 28.4 Å². The lowest BCUT2D eigenvalue weighted by atomic mass is 10.0. The number of carbonyl (C=O) groups is 1. The summed E-state index contributed by atoms with van der Waals surface area (Å²) >= 11 is 0. The summed E-state index contributed by atoms with van der Waals surface area (Å²) in [5.41, 5.74) is 0.115. The number of aryl methyl sites for hydroxylation is 1. The average Bonchev–Trinajstić information content (AvgIpc) is 2.64. The van der Waals surface area contributed by atoms with E-state index < -0.39 is 26.6 Å². The second-order valence-corrected chi connectivity index (χ2v) is 7.67. The standard InChI is InChI=1S/C18H14N2O7S/c1-10-14-7-6-13(8-15(14)16(20(24)25)9-17(10)21)28(26,27)19-12-4-2-11(3-5-12)18(22)23/h2-9,19,21H,1H3,(H,22,23). The summed E-state index contributed by atoms with van der Waals surface area (Å²) in [6.45, 7) is 1.57. The fourth-order valence-electron chi connectivity index (χ4n) is 2.73. The van der Waals surface area contributed by atoms with Crippen LogP contribution in [0.25, 0.3) is 10.8 Å². The van der Waals surface area contributed by atoms with Crippen molar-refractivity contribution in [1.82, 2.24) is 0 Å². The molecule has 0 aliphatic heterocycles. The fraction of sp³-hybridized carbons (Fsp3) is 0.0556. The molecule has 144 valence electrons. The maximum atomic E-state index is 12.7. The van der Waals surface area contributed by atoms with Crippen molar-refractivity contribution in [2.45, 2.75) is 11.8 Å². The number of phenolic OH excluding ortho intramolecular Hbond substituents is 1. The summed E-state index contributed by atoms with van der Waals surface area (Å²) in [5, 5.41) is 30.5. The topological polar surface area (TPSA) is 147 Å². The van der Waals surface area contributed by atoms with Crippen LogP contribution in [-0.2, 0) is 10.0 Å². The monoisotopic (exact) mass is 402 g/mol. The molecule has 3 N–H and O–H groups in total. The van der Waals surface area contributed by atoms with Crippen molar-refractivity contribution in [3.05, 3.63) is 69.8 Å². The third kappa shape index (κ3) is 3.45. The van der Waals surface area contributed by atoms with Crippen molar-refractivity contribution in [2.75, 3.05) is 4.72 Å². The smallest absolute Gasteiger partial charge is 0.335 e. The first-order chi connectivity index (χ1) is 13.1. The molecule has 0 spiro atoms. The van der Waals surface area contributed by atoms with E-state index in [2.05, 4.69) is 4.72 Å². The number of carboxylic acids is 1. The number of aromatic carboxylic acids is 1. The van der Waals surface area contributed by atoms with Crippen LogP contribution in [0.15, 0.2) is 53.4 Å². The quantitative estimate of drug-likeness (QED) is 0.438. The van der Waals surface area contributed by atoms with Gasteiger partial charge in [0.1, 0.15) is 5.75 Å². The lowest BCUT2D eigenvalue weighted by Gasteiger charge is -2.11. The number of nitro groups is 1. The molecule has 0 saturated carbocycles. The van der Waals surface area contributed by atoms with E-state index in [4.69, 9.17) is 5.11 Å². The Kier molecular flexibility index (Phi) is 4.65. The first kappa shape index (κ1) is 19.1. The lowest BCUT2D eigenvalue weighted by molar-refractivity contribution is -0.383. The van der Waals surface area contributed by atoms with Crippen LogP contribution in [0.3, 0.4) is 0 Å². The predicted molar refractivity (Wildman–Crippen MR) is 101 cm³/mol. The predicted octanol–water partition coefficient (Wildman–Crippen LogP) is 3.26. The summed E-state index contributed by atoms with van der Waals surface area (Å²) in [6, 6.07) is 9.89. The van der Waals surface area contributed by atoms with Gasteiger partial charge in [-0.1, -0.05) is 6.07 Å². The van der Waals surface area contributed by atoms with Crippen LogP contribution in [0.2, 0.25) is 0 Å². The molecule has 0 aromatic heterocycles. The van der Waals surface area contributed by atoms with Gasteiger partial charge in [0.2, 0.25) is 0 Å². The molecule has 3 aromatic carbocycles. The molecule has 0 saturated heterocycles. The second-order valence-electron chi connectivity index (χ2n) is 5.99. The van der Waals surface area contributed by atoms with E-state index in [1.165, 1.54) is 36.4 Å². The Balaban J connectivity index is 2.06. The first-order valence-corrected chi connectivity index (χ1v) is 9.35. The van der Waals surface area contributed by atoms with Crippen LogP contribution in [0, 0.1) is 17.0 Å². The van der Waals surface area contributed by atoms with Gasteiger partial charge in [-0.25, -0.2) is 13.2 Å². The number of non-ortho nitro benzene ring substituents is 1. The van der Waals surface area contributed by atoms with E-state index in [0.29, 0.717) is 10.9 Å². The highest BCUT2D eigenvalue weighted by molar-refractivity contribution is 7.92. The molecule has 28 heavy (non-hydrogen) atoms. The Morgan fingerprint density at radius 1 is 1.07 bits per heavy atom. The molecule has 10 heteroatoms. The summed E-state index contributed by atoms with van der Waals surface area (Å²) in [7, 11) is -4.09.